The maximum atomic E-state index is 11.3. The molecule has 0 aromatic carbocycles. The summed E-state index contributed by atoms with van der Waals surface area (Å²) in [6.45, 7) is 5.98. The molecule has 3 rings (SSSR count). The molecule has 0 radical (unpaired) electrons. The lowest BCUT2D eigenvalue weighted by Crippen LogP contribution is -2.43. The highest BCUT2D eigenvalue weighted by Crippen LogP contribution is 2.45. The molecule has 1 saturated carbocycles. The number of hydroxylamine groups is 2. The normalized spacial score (nSPS) is 44.6. The van der Waals surface area contributed by atoms with Crippen LogP contribution in [0.2, 0.25) is 0 Å². The molecule has 2 aliphatic heterocycles. The van der Waals surface area contributed by atoms with Crippen LogP contribution in [0.25, 0.3) is 0 Å². The minimum absolute atomic E-state index is 0.0238. The van der Waals surface area contributed by atoms with Crippen molar-refractivity contribution in [1.29, 1.82) is 0 Å². The van der Waals surface area contributed by atoms with Crippen LogP contribution < -0.4 is 0 Å². The maximum Gasteiger partial charge on any atom is 0.243 e. The van der Waals surface area contributed by atoms with Gasteiger partial charge < -0.3 is 9.47 Å². The monoisotopic (exact) mass is 227 g/mol. The second-order valence-corrected chi connectivity index (χ2v) is 5.28. The highest BCUT2D eigenvalue weighted by atomic mass is 16.8. The van der Waals surface area contributed by atoms with Crippen molar-refractivity contribution in [3.05, 3.63) is 0 Å². The molecule has 2 saturated heterocycles. The molecular weight excluding hydrogens is 210 g/mol. The summed E-state index contributed by atoms with van der Waals surface area (Å²) in [6.07, 6.45) is 0.943. The maximum absolute atomic E-state index is 11.3. The Kier molecular flexibility index (Phi) is 2.09. The van der Waals surface area contributed by atoms with E-state index < -0.39 is 5.79 Å². The lowest BCUT2D eigenvalue weighted by atomic mass is 10.1. The summed E-state index contributed by atoms with van der Waals surface area (Å²) in [6, 6.07) is 0. The predicted molar refractivity (Wildman–Crippen MR) is 54.2 cm³/mol. The van der Waals surface area contributed by atoms with E-state index in [2.05, 4.69) is 0 Å². The van der Waals surface area contributed by atoms with Crippen LogP contribution >= 0.6 is 0 Å². The quantitative estimate of drug-likeness (QED) is 0.611. The molecular formula is C11H17NO4. The number of amides is 1. The Hall–Kier alpha value is -0.650. The average molecular weight is 227 g/mol. The molecule has 0 spiro atoms. The molecule has 4 unspecified atom stereocenters. The van der Waals surface area contributed by atoms with Crippen LogP contribution in [0.1, 0.15) is 27.2 Å². The second-order valence-electron chi connectivity index (χ2n) is 5.28. The first kappa shape index (κ1) is 10.5. The van der Waals surface area contributed by atoms with E-state index in [-0.39, 0.29) is 24.2 Å². The van der Waals surface area contributed by atoms with Gasteiger partial charge in [0.05, 0.1) is 12.6 Å². The van der Waals surface area contributed by atoms with Crippen molar-refractivity contribution in [3.8, 4) is 0 Å². The average Bonchev–Trinajstić information content (AvgIpc) is 2.62. The van der Waals surface area contributed by atoms with E-state index in [9.17, 15) is 4.79 Å². The first-order valence-corrected chi connectivity index (χ1v) is 5.77. The molecule has 16 heavy (non-hydrogen) atoms. The van der Waals surface area contributed by atoms with Crippen LogP contribution in [-0.2, 0) is 19.1 Å². The molecule has 5 nitrogen and oxygen atoms in total. The SMILES string of the molecule is CC(=O)N1CC2CC(O1)C1OC(C)(C)OC21. The Morgan fingerprint density at radius 2 is 2.00 bits per heavy atom. The summed E-state index contributed by atoms with van der Waals surface area (Å²) >= 11 is 0. The number of carbonyl (C=O) groups excluding carboxylic acids is 1. The highest BCUT2D eigenvalue weighted by molar-refractivity contribution is 5.72. The molecule has 2 heterocycles. The third kappa shape index (κ3) is 1.46. The van der Waals surface area contributed by atoms with Gasteiger partial charge in [-0.25, -0.2) is 5.06 Å². The summed E-state index contributed by atoms with van der Waals surface area (Å²) in [4.78, 5) is 16.9. The number of rotatable bonds is 0. The van der Waals surface area contributed by atoms with Crippen molar-refractivity contribution in [2.24, 2.45) is 5.92 Å². The van der Waals surface area contributed by atoms with Crippen molar-refractivity contribution >= 4 is 5.91 Å². The van der Waals surface area contributed by atoms with E-state index in [1.54, 1.807) is 0 Å². The van der Waals surface area contributed by atoms with Gasteiger partial charge in [0.15, 0.2) is 5.79 Å². The number of nitrogens with zero attached hydrogens (tertiary/aromatic N) is 1. The van der Waals surface area contributed by atoms with Gasteiger partial charge in [-0.2, -0.15) is 0 Å². The lowest BCUT2D eigenvalue weighted by Gasteiger charge is -2.33. The van der Waals surface area contributed by atoms with Crippen molar-refractivity contribution in [3.63, 3.8) is 0 Å². The number of fused-ring (bicyclic) bond motifs is 5. The number of hydrogen-bond donors (Lipinski definition) is 0. The fourth-order valence-corrected chi connectivity index (χ4v) is 2.94. The first-order valence-electron chi connectivity index (χ1n) is 5.77. The minimum Gasteiger partial charge on any atom is -0.344 e. The van der Waals surface area contributed by atoms with Gasteiger partial charge in [0, 0.05) is 12.8 Å². The zero-order valence-electron chi connectivity index (χ0n) is 9.80. The Morgan fingerprint density at radius 3 is 2.69 bits per heavy atom. The van der Waals surface area contributed by atoms with Gasteiger partial charge in [0.1, 0.15) is 12.2 Å². The van der Waals surface area contributed by atoms with Crippen LogP contribution in [0.15, 0.2) is 0 Å². The molecule has 0 N–H and O–H groups in total. The topological polar surface area (TPSA) is 48.0 Å². The van der Waals surface area contributed by atoms with E-state index >= 15 is 0 Å². The van der Waals surface area contributed by atoms with Crippen molar-refractivity contribution < 1.29 is 19.1 Å². The number of hydrogen-bond acceptors (Lipinski definition) is 4. The van der Waals surface area contributed by atoms with Crippen LogP contribution in [0.5, 0.6) is 0 Å². The zero-order valence-corrected chi connectivity index (χ0v) is 9.80. The molecule has 1 aliphatic carbocycles. The third-order valence-corrected chi connectivity index (χ3v) is 3.54. The fraction of sp³-hybridized carbons (Fsp3) is 0.909. The summed E-state index contributed by atoms with van der Waals surface area (Å²) in [5.74, 6) is -0.225. The number of ether oxygens (including phenoxy) is 2. The van der Waals surface area contributed by atoms with E-state index in [0.717, 1.165) is 6.42 Å². The molecule has 2 bridgehead atoms. The van der Waals surface area contributed by atoms with Gasteiger partial charge in [0.25, 0.3) is 0 Å². The van der Waals surface area contributed by atoms with Crippen molar-refractivity contribution in [1.82, 2.24) is 5.06 Å². The van der Waals surface area contributed by atoms with Crippen LogP contribution in [-0.4, -0.2) is 41.6 Å². The summed E-state index contributed by atoms with van der Waals surface area (Å²) in [5.41, 5.74) is 0. The van der Waals surface area contributed by atoms with Crippen LogP contribution in [0, 0.1) is 5.92 Å². The van der Waals surface area contributed by atoms with Crippen LogP contribution in [0.3, 0.4) is 0 Å². The van der Waals surface area contributed by atoms with Gasteiger partial charge in [0.2, 0.25) is 5.91 Å². The Balaban J connectivity index is 1.80. The summed E-state index contributed by atoms with van der Waals surface area (Å²) in [5, 5.41) is 1.44. The van der Waals surface area contributed by atoms with Gasteiger partial charge in [-0.3, -0.25) is 9.63 Å². The largest absolute Gasteiger partial charge is 0.344 e. The van der Waals surface area contributed by atoms with Crippen LogP contribution in [0.4, 0.5) is 0 Å². The third-order valence-electron chi connectivity index (χ3n) is 3.54. The molecule has 1 amide bonds. The number of carbonyl (C=O) groups is 1. The molecule has 90 valence electrons. The molecule has 0 aromatic heterocycles. The van der Waals surface area contributed by atoms with E-state index in [1.165, 1.54) is 12.0 Å². The Bertz CT molecular complexity index is 308. The highest BCUT2D eigenvalue weighted by Gasteiger charge is 2.57. The fourth-order valence-electron chi connectivity index (χ4n) is 2.94. The smallest absolute Gasteiger partial charge is 0.243 e. The van der Waals surface area contributed by atoms with Crippen molar-refractivity contribution in [2.45, 2.75) is 51.3 Å². The van der Waals surface area contributed by atoms with E-state index in [0.29, 0.717) is 12.5 Å². The second kappa shape index (κ2) is 3.18. The minimum atomic E-state index is -0.520. The molecule has 4 atom stereocenters. The lowest BCUT2D eigenvalue weighted by molar-refractivity contribution is -0.250. The Labute approximate surface area is 94.6 Å². The molecule has 3 fully saturated rings. The Morgan fingerprint density at radius 1 is 1.31 bits per heavy atom. The molecule has 5 heteroatoms. The van der Waals surface area contributed by atoms with Crippen molar-refractivity contribution in [2.75, 3.05) is 6.54 Å². The molecule has 3 aliphatic rings. The standard InChI is InChI=1S/C11H17NO4/c1-6(13)12-5-7-4-8(16-12)10-9(7)14-11(2,3)15-10/h7-10H,4-5H2,1-3H3. The van der Waals surface area contributed by atoms with Gasteiger partial charge >= 0.3 is 0 Å². The van der Waals surface area contributed by atoms with Gasteiger partial charge in [-0.1, -0.05) is 0 Å². The van der Waals surface area contributed by atoms with E-state index in [4.69, 9.17) is 14.3 Å². The zero-order chi connectivity index (χ0) is 11.5. The van der Waals surface area contributed by atoms with Gasteiger partial charge in [-0.15, -0.1) is 0 Å². The van der Waals surface area contributed by atoms with Gasteiger partial charge in [-0.05, 0) is 20.3 Å². The summed E-state index contributed by atoms with van der Waals surface area (Å²) < 4.78 is 11.7. The first-order chi connectivity index (χ1) is 7.46. The predicted octanol–water partition coefficient (Wildman–Crippen LogP) is 0.689. The molecule has 0 aromatic rings. The van der Waals surface area contributed by atoms with E-state index in [1.807, 2.05) is 13.8 Å². The summed E-state index contributed by atoms with van der Waals surface area (Å²) in [7, 11) is 0.